The van der Waals surface area contributed by atoms with Gasteiger partial charge in [-0.05, 0) is 18.2 Å². The Morgan fingerprint density at radius 3 is 3.00 bits per heavy atom. The van der Waals surface area contributed by atoms with Gasteiger partial charge in [0.05, 0.1) is 34.4 Å². The van der Waals surface area contributed by atoms with Gasteiger partial charge in [-0.1, -0.05) is 12.1 Å². The number of thiazole rings is 1. The standard InChI is InChI=1S/C20H23N5O3S/c1-28-9-8-21-20(27)16-11-14-10-13(12-25(14)24-16)22-18(26)6-7-19-23-15-4-2-3-5-17(15)29-19/h2-5,11,13H,6-10,12H2,1H3,(H,21,27)(H,22,26)/t13-/m0/s1. The van der Waals surface area contributed by atoms with Crippen molar-refractivity contribution in [3.63, 3.8) is 0 Å². The van der Waals surface area contributed by atoms with Crippen LogP contribution in [0.5, 0.6) is 0 Å². The molecule has 0 unspecified atom stereocenters. The Kier molecular flexibility index (Phi) is 5.86. The summed E-state index contributed by atoms with van der Waals surface area (Å²) in [6.45, 7) is 1.49. The third kappa shape index (κ3) is 4.63. The number of para-hydroxylation sites is 1. The van der Waals surface area contributed by atoms with Crippen LogP contribution in [0.1, 0.15) is 27.6 Å². The molecule has 1 aliphatic rings. The lowest BCUT2D eigenvalue weighted by molar-refractivity contribution is -0.121. The van der Waals surface area contributed by atoms with E-state index in [4.69, 9.17) is 4.74 Å². The van der Waals surface area contributed by atoms with Crippen molar-refractivity contribution >= 4 is 33.4 Å². The number of ether oxygens (including phenoxy) is 1. The van der Waals surface area contributed by atoms with E-state index in [1.807, 2.05) is 24.3 Å². The molecular weight excluding hydrogens is 390 g/mol. The number of benzene rings is 1. The summed E-state index contributed by atoms with van der Waals surface area (Å²) >= 11 is 1.63. The highest BCUT2D eigenvalue weighted by molar-refractivity contribution is 7.18. The van der Waals surface area contributed by atoms with Crippen molar-refractivity contribution in [2.45, 2.75) is 31.8 Å². The molecule has 9 heteroatoms. The van der Waals surface area contributed by atoms with Gasteiger partial charge in [-0.3, -0.25) is 14.3 Å². The predicted octanol–water partition coefficient (Wildman–Crippen LogP) is 1.54. The van der Waals surface area contributed by atoms with Crippen LogP contribution < -0.4 is 10.6 Å². The van der Waals surface area contributed by atoms with Crippen LogP contribution in [0.4, 0.5) is 0 Å². The molecule has 0 saturated heterocycles. The van der Waals surface area contributed by atoms with Gasteiger partial charge in [0.15, 0.2) is 0 Å². The number of nitrogens with one attached hydrogen (secondary N) is 2. The number of amides is 2. The minimum atomic E-state index is -0.208. The monoisotopic (exact) mass is 413 g/mol. The van der Waals surface area contributed by atoms with Gasteiger partial charge in [-0.15, -0.1) is 11.3 Å². The maximum absolute atomic E-state index is 12.3. The maximum Gasteiger partial charge on any atom is 0.271 e. The summed E-state index contributed by atoms with van der Waals surface area (Å²) in [5, 5.41) is 11.2. The Bertz CT molecular complexity index is 972. The Morgan fingerprint density at radius 1 is 1.34 bits per heavy atom. The van der Waals surface area contributed by atoms with Crippen LogP contribution in [0.2, 0.25) is 0 Å². The summed E-state index contributed by atoms with van der Waals surface area (Å²) in [5.41, 5.74) is 2.34. The summed E-state index contributed by atoms with van der Waals surface area (Å²) in [4.78, 5) is 29.0. The van der Waals surface area contributed by atoms with Crippen molar-refractivity contribution in [2.75, 3.05) is 20.3 Å². The molecule has 0 radical (unpaired) electrons. The van der Waals surface area contributed by atoms with Crippen LogP contribution in [0.15, 0.2) is 30.3 Å². The van der Waals surface area contributed by atoms with Crippen LogP contribution in [0.3, 0.4) is 0 Å². The van der Waals surface area contributed by atoms with E-state index in [1.165, 1.54) is 0 Å². The summed E-state index contributed by atoms with van der Waals surface area (Å²) in [5.74, 6) is -0.196. The number of carbonyl (C=O) groups excluding carboxylic acids is 2. The number of hydrogen-bond acceptors (Lipinski definition) is 6. The molecule has 3 heterocycles. The van der Waals surface area contributed by atoms with Crippen LogP contribution in [0.25, 0.3) is 10.2 Å². The Morgan fingerprint density at radius 2 is 2.21 bits per heavy atom. The molecule has 0 bridgehead atoms. The largest absolute Gasteiger partial charge is 0.383 e. The summed E-state index contributed by atoms with van der Waals surface area (Å²) in [6, 6.07) is 9.79. The highest BCUT2D eigenvalue weighted by atomic mass is 32.1. The van der Waals surface area contributed by atoms with Crippen molar-refractivity contribution in [1.82, 2.24) is 25.4 Å². The number of aryl methyl sites for hydroxylation is 1. The Balaban J connectivity index is 1.25. The van der Waals surface area contributed by atoms with E-state index in [0.717, 1.165) is 20.9 Å². The molecule has 2 aromatic heterocycles. The van der Waals surface area contributed by atoms with Crippen LogP contribution >= 0.6 is 11.3 Å². The Hall–Kier alpha value is -2.78. The van der Waals surface area contributed by atoms with Crippen molar-refractivity contribution in [2.24, 2.45) is 0 Å². The first-order chi connectivity index (χ1) is 14.1. The number of carbonyl (C=O) groups is 2. The number of fused-ring (bicyclic) bond motifs is 2. The minimum Gasteiger partial charge on any atom is -0.383 e. The molecule has 152 valence electrons. The molecular formula is C20H23N5O3S. The second kappa shape index (κ2) is 8.71. The van der Waals surface area contributed by atoms with Crippen molar-refractivity contribution in [1.29, 1.82) is 0 Å². The molecule has 8 nitrogen and oxygen atoms in total. The molecule has 29 heavy (non-hydrogen) atoms. The number of methoxy groups -OCH3 is 1. The van der Waals surface area contributed by atoms with Crippen molar-refractivity contribution in [3.8, 4) is 0 Å². The van der Waals surface area contributed by atoms with Crippen molar-refractivity contribution in [3.05, 3.63) is 46.7 Å². The summed E-state index contributed by atoms with van der Waals surface area (Å²) in [7, 11) is 1.59. The molecule has 0 fully saturated rings. The van der Waals surface area contributed by atoms with E-state index in [-0.39, 0.29) is 17.9 Å². The molecule has 2 amide bonds. The van der Waals surface area contributed by atoms with Gasteiger partial charge in [-0.2, -0.15) is 5.10 Å². The second-order valence-corrected chi connectivity index (χ2v) is 8.11. The molecule has 2 N–H and O–H groups in total. The molecule has 0 aliphatic carbocycles. The van der Waals surface area contributed by atoms with E-state index in [0.29, 0.717) is 44.7 Å². The van der Waals surface area contributed by atoms with Gasteiger partial charge in [0.25, 0.3) is 5.91 Å². The SMILES string of the molecule is COCCNC(=O)c1cc2n(n1)C[C@@H](NC(=O)CCc1nc3ccccc3s1)C2. The Labute approximate surface area is 172 Å². The van der Waals surface area contributed by atoms with E-state index >= 15 is 0 Å². The fraction of sp³-hybridized carbons (Fsp3) is 0.400. The lowest BCUT2D eigenvalue weighted by Crippen LogP contribution is -2.36. The van der Waals surface area contributed by atoms with E-state index in [1.54, 1.807) is 29.2 Å². The normalized spacial score (nSPS) is 15.4. The zero-order valence-electron chi connectivity index (χ0n) is 16.2. The van der Waals surface area contributed by atoms with Crippen molar-refractivity contribution < 1.29 is 14.3 Å². The van der Waals surface area contributed by atoms with Gasteiger partial charge in [0, 0.05) is 38.6 Å². The molecule has 1 atom stereocenters. The van der Waals surface area contributed by atoms with E-state index in [2.05, 4.69) is 20.7 Å². The fourth-order valence-corrected chi connectivity index (χ4v) is 4.38. The molecule has 1 aliphatic heterocycles. The molecule has 3 aromatic rings. The second-order valence-electron chi connectivity index (χ2n) is 7.00. The first-order valence-corrected chi connectivity index (χ1v) is 10.4. The van der Waals surface area contributed by atoms with Gasteiger partial charge in [0.2, 0.25) is 5.91 Å². The van der Waals surface area contributed by atoms with Gasteiger partial charge >= 0.3 is 0 Å². The first kappa shape index (κ1) is 19.5. The predicted molar refractivity (Wildman–Crippen MR) is 110 cm³/mol. The summed E-state index contributed by atoms with van der Waals surface area (Å²) in [6.07, 6.45) is 1.71. The average Bonchev–Trinajstić information content (AvgIpc) is 3.38. The maximum atomic E-state index is 12.3. The fourth-order valence-electron chi connectivity index (χ4n) is 3.42. The smallest absolute Gasteiger partial charge is 0.271 e. The number of rotatable bonds is 8. The highest BCUT2D eigenvalue weighted by Crippen LogP contribution is 2.22. The lowest BCUT2D eigenvalue weighted by Gasteiger charge is -2.11. The van der Waals surface area contributed by atoms with Gasteiger partial charge < -0.3 is 15.4 Å². The van der Waals surface area contributed by atoms with E-state index < -0.39 is 0 Å². The van der Waals surface area contributed by atoms with Crippen LogP contribution in [-0.2, 0) is 28.9 Å². The van der Waals surface area contributed by atoms with Crippen LogP contribution in [-0.4, -0.2) is 52.9 Å². The average molecular weight is 414 g/mol. The molecule has 1 aromatic carbocycles. The minimum absolute atomic E-state index is 0.00553. The molecule has 4 rings (SSSR count). The zero-order chi connectivity index (χ0) is 20.2. The molecule has 0 spiro atoms. The topological polar surface area (TPSA) is 98.1 Å². The quantitative estimate of drug-likeness (QED) is 0.546. The van der Waals surface area contributed by atoms with Gasteiger partial charge in [0.1, 0.15) is 5.69 Å². The lowest BCUT2D eigenvalue weighted by atomic mass is 10.2. The third-order valence-electron chi connectivity index (χ3n) is 4.81. The zero-order valence-corrected chi connectivity index (χ0v) is 17.0. The van der Waals surface area contributed by atoms with Crippen LogP contribution in [0, 0.1) is 0 Å². The summed E-state index contributed by atoms with van der Waals surface area (Å²) < 4.78 is 7.86. The van der Waals surface area contributed by atoms with E-state index in [9.17, 15) is 9.59 Å². The number of aromatic nitrogens is 3. The van der Waals surface area contributed by atoms with Gasteiger partial charge in [-0.25, -0.2) is 4.98 Å². The number of hydrogen-bond donors (Lipinski definition) is 2. The number of nitrogens with zero attached hydrogens (tertiary/aromatic N) is 3. The highest BCUT2D eigenvalue weighted by Gasteiger charge is 2.26. The molecule has 0 saturated carbocycles. The first-order valence-electron chi connectivity index (χ1n) is 9.60. The third-order valence-corrected chi connectivity index (χ3v) is 5.90.